The smallest absolute Gasteiger partial charge is 0.0662 e. The van der Waals surface area contributed by atoms with Gasteiger partial charge in [-0.1, -0.05) is 30.7 Å². The second kappa shape index (κ2) is 7.08. The van der Waals surface area contributed by atoms with Gasteiger partial charge >= 0.3 is 0 Å². The van der Waals surface area contributed by atoms with Gasteiger partial charge in [0.05, 0.1) is 6.54 Å². The summed E-state index contributed by atoms with van der Waals surface area (Å²) in [6.07, 6.45) is 8.06. The number of benzene rings is 1. The van der Waals surface area contributed by atoms with E-state index in [-0.39, 0.29) is 0 Å². The third-order valence-corrected chi connectivity index (χ3v) is 5.71. The summed E-state index contributed by atoms with van der Waals surface area (Å²) in [5.74, 6) is 0.834. The highest BCUT2D eigenvalue weighted by atomic mass is 15.3. The van der Waals surface area contributed by atoms with Gasteiger partial charge in [-0.2, -0.15) is 5.10 Å². The van der Waals surface area contributed by atoms with Crippen LogP contribution >= 0.6 is 0 Å². The Labute approximate surface area is 145 Å². The molecule has 128 valence electrons. The Morgan fingerprint density at radius 1 is 1.00 bits per heavy atom. The zero-order valence-corrected chi connectivity index (χ0v) is 14.6. The molecule has 0 radical (unpaired) electrons. The molecule has 0 aliphatic carbocycles. The second-order valence-electron chi connectivity index (χ2n) is 7.56. The third kappa shape index (κ3) is 3.55. The van der Waals surface area contributed by atoms with Gasteiger partial charge in [0.1, 0.15) is 0 Å². The van der Waals surface area contributed by atoms with E-state index >= 15 is 0 Å². The summed E-state index contributed by atoms with van der Waals surface area (Å²) in [5, 5.41) is 4.37. The molecule has 24 heavy (non-hydrogen) atoms. The first-order valence-electron chi connectivity index (χ1n) is 9.25. The third-order valence-electron chi connectivity index (χ3n) is 5.71. The maximum absolute atomic E-state index is 4.37. The van der Waals surface area contributed by atoms with E-state index in [0.717, 1.165) is 25.0 Å². The summed E-state index contributed by atoms with van der Waals surface area (Å²) >= 11 is 0. The van der Waals surface area contributed by atoms with E-state index < -0.39 is 0 Å². The van der Waals surface area contributed by atoms with Crippen LogP contribution in [0.2, 0.25) is 0 Å². The number of likely N-dealkylation sites (tertiary alicyclic amines) is 1. The average molecular weight is 324 g/mol. The van der Waals surface area contributed by atoms with Crippen molar-refractivity contribution in [2.75, 3.05) is 26.7 Å². The fraction of sp³-hybridized carbons (Fsp3) is 0.550. The zero-order valence-electron chi connectivity index (χ0n) is 14.6. The molecule has 1 aromatic heterocycles. The molecule has 2 aromatic rings. The fourth-order valence-electron chi connectivity index (χ4n) is 4.43. The van der Waals surface area contributed by atoms with E-state index in [1.807, 2.05) is 23.1 Å². The molecule has 0 saturated carbocycles. The molecule has 0 unspecified atom stereocenters. The number of hydrogen-bond donors (Lipinski definition) is 0. The van der Waals surface area contributed by atoms with Crippen LogP contribution in [0.1, 0.15) is 30.4 Å². The first kappa shape index (κ1) is 15.9. The lowest BCUT2D eigenvalue weighted by molar-refractivity contribution is 0.187. The summed E-state index contributed by atoms with van der Waals surface area (Å²) in [4.78, 5) is 5.30. The van der Waals surface area contributed by atoms with Crippen LogP contribution in [0.5, 0.6) is 0 Å². The van der Waals surface area contributed by atoms with E-state index in [0.29, 0.717) is 0 Å². The largest absolute Gasteiger partial charge is 0.302 e. The van der Waals surface area contributed by atoms with Crippen LogP contribution in [0.25, 0.3) is 0 Å². The molecule has 2 saturated heterocycles. The molecule has 0 amide bonds. The van der Waals surface area contributed by atoms with Crippen LogP contribution in [0.3, 0.4) is 0 Å². The maximum atomic E-state index is 4.37. The summed E-state index contributed by atoms with van der Waals surface area (Å²) in [7, 11) is 2.32. The molecule has 4 nitrogen and oxygen atoms in total. The van der Waals surface area contributed by atoms with Crippen molar-refractivity contribution in [1.29, 1.82) is 0 Å². The summed E-state index contributed by atoms with van der Waals surface area (Å²) in [5.41, 5.74) is 2.85. The Morgan fingerprint density at radius 3 is 2.62 bits per heavy atom. The monoisotopic (exact) mass is 324 g/mol. The summed E-state index contributed by atoms with van der Waals surface area (Å²) < 4.78 is 2.02. The van der Waals surface area contributed by atoms with Crippen LogP contribution in [0.15, 0.2) is 42.7 Å². The molecule has 2 fully saturated rings. The molecular weight excluding hydrogens is 296 g/mol. The van der Waals surface area contributed by atoms with Gasteiger partial charge in [0, 0.05) is 44.6 Å². The molecule has 3 heterocycles. The minimum atomic E-state index is 0.732. The predicted octanol–water partition coefficient (Wildman–Crippen LogP) is 2.85. The quantitative estimate of drug-likeness (QED) is 0.864. The van der Waals surface area contributed by atoms with Crippen molar-refractivity contribution in [1.82, 2.24) is 19.6 Å². The van der Waals surface area contributed by atoms with E-state index in [4.69, 9.17) is 0 Å². The highest BCUT2D eigenvalue weighted by Gasteiger charge is 2.30. The van der Waals surface area contributed by atoms with Crippen LogP contribution in [0.4, 0.5) is 0 Å². The van der Waals surface area contributed by atoms with Crippen molar-refractivity contribution in [2.45, 2.75) is 38.4 Å². The SMILES string of the molecule is CN1C[C@@H]2CCC[C@H]1CN(Cc1ccccc1Cn1cccn1)C2. The molecule has 4 rings (SSSR count). The van der Waals surface area contributed by atoms with Gasteiger partial charge in [0.25, 0.3) is 0 Å². The van der Waals surface area contributed by atoms with Gasteiger partial charge in [0.15, 0.2) is 0 Å². The Morgan fingerprint density at radius 2 is 1.83 bits per heavy atom. The molecule has 2 atom stereocenters. The number of likely N-dealkylation sites (N-methyl/N-ethyl adjacent to an activating group) is 1. The van der Waals surface area contributed by atoms with Gasteiger partial charge in [0.2, 0.25) is 0 Å². The van der Waals surface area contributed by atoms with E-state index in [2.05, 4.69) is 46.2 Å². The summed E-state index contributed by atoms with van der Waals surface area (Å²) in [6.45, 7) is 5.66. The fourth-order valence-corrected chi connectivity index (χ4v) is 4.43. The lowest BCUT2D eigenvalue weighted by Gasteiger charge is -2.30. The van der Waals surface area contributed by atoms with Crippen molar-refractivity contribution >= 4 is 0 Å². The minimum Gasteiger partial charge on any atom is -0.302 e. The van der Waals surface area contributed by atoms with Crippen molar-refractivity contribution in [3.63, 3.8) is 0 Å². The van der Waals surface area contributed by atoms with Gasteiger partial charge in [-0.3, -0.25) is 9.58 Å². The standard InChI is InChI=1S/C20H28N4/c1-22-12-17-6-4-9-20(22)16-23(13-17)14-18-7-2-3-8-19(18)15-24-11-5-10-21-24/h2-3,5,7-8,10-11,17,20H,4,6,9,12-16H2,1H3/t17-,20-/m0/s1. The molecule has 2 aliphatic heterocycles. The molecule has 4 heteroatoms. The van der Waals surface area contributed by atoms with Gasteiger partial charge in [-0.15, -0.1) is 0 Å². The van der Waals surface area contributed by atoms with Crippen LogP contribution < -0.4 is 0 Å². The number of nitrogens with zero attached hydrogens (tertiary/aromatic N) is 4. The van der Waals surface area contributed by atoms with Gasteiger partial charge in [-0.05, 0) is 43.0 Å². The van der Waals surface area contributed by atoms with Crippen molar-refractivity contribution < 1.29 is 0 Å². The van der Waals surface area contributed by atoms with Gasteiger partial charge in [-0.25, -0.2) is 0 Å². The van der Waals surface area contributed by atoms with E-state index in [1.165, 1.54) is 50.0 Å². The van der Waals surface area contributed by atoms with Crippen LogP contribution in [-0.2, 0) is 13.1 Å². The van der Waals surface area contributed by atoms with E-state index in [9.17, 15) is 0 Å². The lowest BCUT2D eigenvalue weighted by Crippen LogP contribution is -2.38. The predicted molar refractivity (Wildman–Crippen MR) is 96.8 cm³/mol. The summed E-state index contributed by atoms with van der Waals surface area (Å²) in [6, 6.07) is 11.6. The lowest BCUT2D eigenvalue weighted by atomic mass is 9.99. The van der Waals surface area contributed by atoms with E-state index in [1.54, 1.807) is 0 Å². The second-order valence-corrected chi connectivity index (χ2v) is 7.56. The highest BCUT2D eigenvalue weighted by Crippen LogP contribution is 2.27. The van der Waals surface area contributed by atoms with Gasteiger partial charge < -0.3 is 4.90 Å². The molecule has 0 spiro atoms. The highest BCUT2D eigenvalue weighted by molar-refractivity contribution is 5.27. The molecule has 1 aromatic carbocycles. The molecular formula is C20H28N4. The molecule has 2 bridgehead atoms. The number of fused-ring (bicyclic) bond motifs is 3. The maximum Gasteiger partial charge on any atom is 0.0662 e. The Hall–Kier alpha value is -1.65. The Bertz CT molecular complexity index is 651. The zero-order chi connectivity index (χ0) is 16.4. The van der Waals surface area contributed by atoms with Crippen LogP contribution in [-0.4, -0.2) is 52.3 Å². The topological polar surface area (TPSA) is 24.3 Å². The number of aromatic nitrogens is 2. The van der Waals surface area contributed by atoms with Crippen molar-refractivity contribution in [2.24, 2.45) is 5.92 Å². The first-order chi connectivity index (χ1) is 11.8. The Balaban J connectivity index is 1.51. The number of rotatable bonds is 4. The van der Waals surface area contributed by atoms with Crippen LogP contribution in [0, 0.1) is 5.92 Å². The Kier molecular flexibility index (Phi) is 4.67. The minimum absolute atomic E-state index is 0.732. The number of hydrogen-bond acceptors (Lipinski definition) is 3. The van der Waals surface area contributed by atoms with Crippen molar-refractivity contribution in [3.05, 3.63) is 53.9 Å². The first-order valence-corrected chi connectivity index (χ1v) is 9.25. The van der Waals surface area contributed by atoms with Crippen molar-refractivity contribution in [3.8, 4) is 0 Å². The molecule has 0 N–H and O–H groups in total. The molecule has 2 aliphatic rings. The average Bonchev–Trinajstić information content (AvgIpc) is 2.94. The normalized spacial score (nSPS) is 25.5.